The van der Waals surface area contributed by atoms with Gasteiger partial charge in [0.1, 0.15) is 0 Å². The van der Waals surface area contributed by atoms with Crippen molar-refractivity contribution in [3.05, 3.63) is 76.6 Å². The number of hydrogen-bond donors (Lipinski definition) is 0. The molecule has 2 rings (SSSR count). The molecule has 0 saturated carbocycles. The topological polar surface area (TPSA) is 28.1 Å². The monoisotopic (exact) mass is 290 g/mol. The van der Waals surface area contributed by atoms with E-state index >= 15 is 0 Å². The van der Waals surface area contributed by atoms with Crippen molar-refractivity contribution >= 4 is 5.69 Å². The molecule has 0 unspecified atom stereocenters. The Hall–Kier alpha value is -2.58. The van der Waals surface area contributed by atoms with Crippen molar-refractivity contribution in [3.8, 4) is 6.07 Å². The maximum atomic E-state index is 8.72. The zero-order valence-electron chi connectivity index (χ0n) is 13.7. The van der Waals surface area contributed by atoms with Crippen molar-refractivity contribution < 1.29 is 0 Å². The highest BCUT2D eigenvalue weighted by atomic mass is 14.6. The second-order valence-electron chi connectivity index (χ2n) is 5.72. The lowest BCUT2D eigenvalue weighted by Crippen LogP contribution is -1.90. The molecule has 2 aromatic rings. The largest absolute Gasteiger partial charge is 0.238 e. The minimum atomic E-state index is 0.436. The first-order chi connectivity index (χ1) is 10.5. The minimum absolute atomic E-state index is 0.436. The Morgan fingerprint density at radius 2 is 1.64 bits per heavy atom. The summed E-state index contributed by atoms with van der Waals surface area (Å²) in [6.07, 6.45) is 0. The molecule has 0 fully saturated rings. The van der Waals surface area contributed by atoms with Gasteiger partial charge in [-0.15, -0.1) is 0 Å². The number of nitriles is 1. The molecule has 0 aliphatic rings. The van der Waals surface area contributed by atoms with Gasteiger partial charge in [-0.05, 0) is 23.5 Å². The fourth-order valence-corrected chi connectivity index (χ4v) is 2.06. The van der Waals surface area contributed by atoms with Gasteiger partial charge in [0.2, 0.25) is 0 Å². The smallest absolute Gasteiger partial charge is 0.187 e. The van der Waals surface area contributed by atoms with Gasteiger partial charge < -0.3 is 0 Å². The maximum absolute atomic E-state index is 8.72. The molecule has 0 amide bonds. The summed E-state index contributed by atoms with van der Waals surface area (Å²) in [7, 11) is 0. The van der Waals surface area contributed by atoms with Gasteiger partial charge in [0.05, 0.1) is 18.2 Å². The normalized spacial score (nSPS) is 9.64. The Kier molecular flexibility index (Phi) is 6.87. The number of hydrogen-bond acceptors (Lipinski definition) is 1. The standard InChI is InChI=1S/2C10H11N/c1-8(2)9-5-4-6-10(7-9)11-3;1-8(2)10-6-4-3-5-9(10)7-11/h4-8H,1-2H3;3-6,8H,1-2H3. The third-order valence-electron chi connectivity index (χ3n) is 3.37. The summed E-state index contributed by atoms with van der Waals surface area (Å²) in [5.41, 5.74) is 3.90. The van der Waals surface area contributed by atoms with Crippen LogP contribution >= 0.6 is 0 Å². The second-order valence-corrected chi connectivity index (χ2v) is 5.72. The lowest BCUT2D eigenvalue weighted by molar-refractivity contribution is 0.862. The van der Waals surface area contributed by atoms with Crippen molar-refractivity contribution in [1.29, 1.82) is 5.26 Å². The van der Waals surface area contributed by atoms with E-state index in [2.05, 4.69) is 44.7 Å². The van der Waals surface area contributed by atoms with E-state index < -0.39 is 0 Å². The summed E-state index contributed by atoms with van der Waals surface area (Å²) >= 11 is 0. The Bertz CT molecular complexity index is 685. The van der Waals surface area contributed by atoms with Crippen LogP contribution in [0.15, 0.2) is 48.5 Å². The first-order valence-electron chi connectivity index (χ1n) is 7.46. The average molecular weight is 290 g/mol. The summed E-state index contributed by atoms with van der Waals surface area (Å²) in [5, 5.41) is 8.72. The molecule has 0 atom stereocenters. The van der Waals surface area contributed by atoms with E-state index in [0.717, 1.165) is 16.8 Å². The van der Waals surface area contributed by atoms with Gasteiger partial charge in [0.25, 0.3) is 0 Å². The predicted octanol–water partition coefficient (Wildman–Crippen LogP) is 6.04. The van der Waals surface area contributed by atoms with Crippen LogP contribution < -0.4 is 0 Å². The van der Waals surface area contributed by atoms with Crippen LogP contribution in [0, 0.1) is 17.9 Å². The molecule has 0 aromatic heterocycles. The van der Waals surface area contributed by atoms with E-state index in [1.54, 1.807) is 0 Å². The summed E-state index contributed by atoms with van der Waals surface area (Å²) in [6, 6.07) is 17.7. The highest BCUT2D eigenvalue weighted by Crippen LogP contribution is 2.20. The van der Waals surface area contributed by atoms with Crippen LogP contribution in [0.25, 0.3) is 4.85 Å². The quantitative estimate of drug-likeness (QED) is 0.619. The van der Waals surface area contributed by atoms with Gasteiger partial charge in [-0.2, -0.15) is 5.26 Å². The molecule has 0 N–H and O–H groups in total. The van der Waals surface area contributed by atoms with Gasteiger partial charge in [-0.1, -0.05) is 75.7 Å². The van der Waals surface area contributed by atoms with E-state index in [1.807, 2.05) is 42.5 Å². The molecule has 2 nitrogen and oxygen atoms in total. The number of benzene rings is 2. The molecule has 0 bridgehead atoms. The first-order valence-corrected chi connectivity index (χ1v) is 7.46. The molecule has 2 heteroatoms. The van der Waals surface area contributed by atoms with Crippen LogP contribution in [0.4, 0.5) is 5.69 Å². The summed E-state index contributed by atoms with van der Waals surface area (Å²) < 4.78 is 0. The van der Waals surface area contributed by atoms with Crippen LogP contribution in [-0.4, -0.2) is 0 Å². The van der Waals surface area contributed by atoms with Gasteiger partial charge in [-0.25, -0.2) is 4.85 Å². The summed E-state index contributed by atoms with van der Waals surface area (Å²) in [4.78, 5) is 3.36. The van der Waals surface area contributed by atoms with E-state index in [-0.39, 0.29) is 0 Å². The van der Waals surface area contributed by atoms with Crippen LogP contribution in [0.1, 0.15) is 56.2 Å². The van der Waals surface area contributed by atoms with Crippen molar-refractivity contribution in [1.82, 2.24) is 0 Å². The molecule has 0 spiro atoms. The highest BCUT2D eigenvalue weighted by Gasteiger charge is 2.03. The van der Waals surface area contributed by atoms with Gasteiger partial charge in [0.15, 0.2) is 5.69 Å². The average Bonchev–Trinajstić information content (AvgIpc) is 2.55. The highest BCUT2D eigenvalue weighted by molar-refractivity contribution is 5.47. The lowest BCUT2D eigenvalue weighted by atomic mass is 9.98. The van der Waals surface area contributed by atoms with E-state index in [0.29, 0.717) is 11.8 Å². The van der Waals surface area contributed by atoms with Crippen LogP contribution in [0.5, 0.6) is 0 Å². The molecule has 22 heavy (non-hydrogen) atoms. The molecular formula is C20H22N2. The van der Waals surface area contributed by atoms with Crippen molar-refractivity contribution in [2.75, 3.05) is 0 Å². The zero-order valence-corrected chi connectivity index (χ0v) is 13.7. The SMILES string of the molecule is CC(C)c1ccccc1C#N.[C-]#[N+]c1cccc(C(C)C)c1. The van der Waals surface area contributed by atoms with E-state index in [1.165, 1.54) is 5.56 Å². The fraction of sp³-hybridized carbons (Fsp3) is 0.300. The number of rotatable bonds is 2. The molecule has 0 radical (unpaired) electrons. The maximum Gasteiger partial charge on any atom is 0.187 e. The Labute approximate surface area is 133 Å². The molecule has 0 aliphatic heterocycles. The van der Waals surface area contributed by atoms with Crippen molar-refractivity contribution in [3.63, 3.8) is 0 Å². The van der Waals surface area contributed by atoms with E-state index in [4.69, 9.17) is 11.8 Å². The van der Waals surface area contributed by atoms with Crippen molar-refractivity contribution in [2.45, 2.75) is 39.5 Å². The Balaban J connectivity index is 0.000000220. The van der Waals surface area contributed by atoms with Crippen LogP contribution in [-0.2, 0) is 0 Å². The van der Waals surface area contributed by atoms with Crippen molar-refractivity contribution in [2.24, 2.45) is 0 Å². The lowest BCUT2D eigenvalue weighted by Gasteiger charge is -2.05. The predicted molar refractivity (Wildman–Crippen MR) is 92.0 cm³/mol. The Morgan fingerprint density at radius 1 is 0.955 bits per heavy atom. The zero-order chi connectivity index (χ0) is 16.5. The fourth-order valence-electron chi connectivity index (χ4n) is 2.06. The number of nitrogens with zero attached hydrogens (tertiary/aromatic N) is 2. The molecule has 2 aromatic carbocycles. The van der Waals surface area contributed by atoms with Gasteiger partial charge in [-0.3, -0.25) is 0 Å². The molecule has 0 aliphatic carbocycles. The Morgan fingerprint density at radius 3 is 2.14 bits per heavy atom. The molecule has 0 saturated heterocycles. The molecule has 112 valence electrons. The van der Waals surface area contributed by atoms with Gasteiger partial charge in [0, 0.05) is 0 Å². The third kappa shape index (κ3) is 5.08. The van der Waals surface area contributed by atoms with Crippen LogP contribution in [0.3, 0.4) is 0 Å². The second kappa shape index (κ2) is 8.65. The molecular weight excluding hydrogens is 268 g/mol. The summed E-state index contributed by atoms with van der Waals surface area (Å²) in [5.74, 6) is 0.947. The first kappa shape index (κ1) is 17.5. The summed E-state index contributed by atoms with van der Waals surface area (Å²) in [6.45, 7) is 15.2. The minimum Gasteiger partial charge on any atom is -0.238 e. The van der Waals surface area contributed by atoms with Gasteiger partial charge >= 0.3 is 0 Å². The van der Waals surface area contributed by atoms with E-state index in [9.17, 15) is 0 Å². The third-order valence-corrected chi connectivity index (χ3v) is 3.37. The molecule has 0 heterocycles. The van der Waals surface area contributed by atoms with Crippen LogP contribution in [0.2, 0.25) is 0 Å².